The number of fused-ring (bicyclic) bond motifs is 1. The number of hydrogen-bond donors (Lipinski definition) is 1. The zero-order valence-electron chi connectivity index (χ0n) is 10.8. The highest BCUT2D eigenvalue weighted by Gasteiger charge is 2.27. The summed E-state index contributed by atoms with van der Waals surface area (Å²) in [6.45, 7) is -0.172. The molecule has 106 valence electrons. The lowest BCUT2D eigenvalue weighted by Gasteiger charge is -2.29. The maximum atomic E-state index is 13.3. The first-order chi connectivity index (χ1) is 10.1. The Bertz CT molecular complexity index is 746. The van der Waals surface area contributed by atoms with Gasteiger partial charge in [-0.1, -0.05) is 12.1 Å². The summed E-state index contributed by atoms with van der Waals surface area (Å²) in [5, 5.41) is 2.65. The Morgan fingerprint density at radius 2 is 1.86 bits per heavy atom. The fraction of sp³-hybridized carbons (Fsp3) is 0.0667. The molecule has 0 spiro atoms. The molecule has 0 aromatic heterocycles. The number of nitrogens with one attached hydrogen (secondary N) is 1. The molecule has 21 heavy (non-hydrogen) atoms. The van der Waals surface area contributed by atoms with Gasteiger partial charge in [0.2, 0.25) is 5.91 Å². The van der Waals surface area contributed by atoms with Crippen molar-refractivity contribution in [2.45, 2.75) is 0 Å². The molecule has 0 fully saturated rings. The Morgan fingerprint density at radius 3 is 2.62 bits per heavy atom. The number of para-hydroxylation sites is 2. The maximum Gasteiger partial charge on any atom is 0.258 e. The molecule has 1 heterocycles. The first-order valence-electron chi connectivity index (χ1n) is 6.22. The molecular formula is C15H10F2N2O2. The van der Waals surface area contributed by atoms with Gasteiger partial charge in [0.15, 0.2) is 11.6 Å². The maximum absolute atomic E-state index is 13.3. The molecule has 0 unspecified atom stereocenters. The normalized spacial score (nSPS) is 13.6. The van der Waals surface area contributed by atoms with E-state index < -0.39 is 17.5 Å². The Hall–Kier alpha value is -2.76. The van der Waals surface area contributed by atoms with Crippen molar-refractivity contribution in [1.82, 2.24) is 0 Å². The molecule has 0 bridgehead atoms. The number of amides is 2. The number of benzene rings is 2. The second-order valence-corrected chi connectivity index (χ2v) is 4.59. The lowest BCUT2D eigenvalue weighted by molar-refractivity contribution is -0.115. The highest BCUT2D eigenvalue weighted by Crippen LogP contribution is 2.30. The second-order valence-electron chi connectivity index (χ2n) is 4.59. The van der Waals surface area contributed by atoms with Crippen molar-refractivity contribution in [3.8, 4) is 0 Å². The number of anilines is 2. The van der Waals surface area contributed by atoms with Crippen LogP contribution in [0, 0.1) is 11.6 Å². The van der Waals surface area contributed by atoms with Gasteiger partial charge in [-0.2, -0.15) is 0 Å². The van der Waals surface area contributed by atoms with Crippen LogP contribution in [0.3, 0.4) is 0 Å². The van der Waals surface area contributed by atoms with Gasteiger partial charge in [0, 0.05) is 5.56 Å². The minimum Gasteiger partial charge on any atom is -0.323 e. The highest BCUT2D eigenvalue weighted by atomic mass is 19.2. The van der Waals surface area contributed by atoms with Gasteiger partial charge in [-0.05, 0) is 30.3 Å². The van der Waals surface area contributed by atoms with E-state index in [4.69, 9.17) is 0 Å². The van der Waals surface area contributed by atoms with Crippen LogP contribution in [0.25, 0.3) is 0 Å². The number of halogens is 2. The highest BCUT2D eigenvalue weighted by molar-refractivity contribution is 6.15. The molecule has 6 heteroatoms. The van der Waals surface area contributed by atoms with Gasteiger partial charge < -0.3 is 5.32 Å². The summed E-state index contributed by atoms with van der Waals surface area (Å²) in [5.41, 5.74) is 1.01. The number of nitrogens with zero attached hydrogens (tertiary/aromatic N) is 1. The average molecular weight is 288 g/mol. The summed E-state index contributed by atoms with van der Waals surface area (Å²) in [6, 6.07) is 9.69. The monoisotopic (exact) mass is 288 g/mol. The standard InChI is InChI=1S/C15H10F2N2O2/c16-10-6-5-9(7-11(10)17)15(21)19-8-14(20)18-12-3-1-2-4-13(12)19/h1-7H,8H2,(H,18,20). The molecule has 0 saturated heterocycles. The van der Waals surface area contributed by atoms with Crippen LogP contribution in [0.5, 0.6) is 0 Å². The van der Waals surface area contributed by atoms with E-state index in [1.165, 1.54) is 11.0 Å². The molecule has 1 aliphatic rings. The Labute approximate surface area is 119 Å². The SMILES string of the molecule is O=C1CN(C(=O)c2ccc(F)c(F)c2)c2ccccc2N1. The van der Waals surface area contributed by atoms with Crippen LogP contribution in [-0.4, -0.2) is 18.4 Å². The third-order valence-electron chi connectivity index (χ3n) is 3.18. The van der Waals surface area contributed by atoms with Crippen molar-refractivity contribution >= 4 is 23.2 Å². The summed E-state index contributed by atoms with van der Waals surface area (Å²) in [4.78, 5) is 25.3. The van der Waals surface area contributed by atoms with E-state index in [-0.39, 0.29) is 18.0 Å². The molecule has 0 aliphatic carbocycles. The summed E-state index contributed by atoms with van der Waals surface area (Å²) in [5.74, 6) is -3.03. The number of rotatable bonds is 1. The van der Waals surface area contributed by atoms with Crippen molar-refractivity contribution in [3.05, 3.63) is 59.7 Å². The lowest BCUT2D eigenvalue weighted by atomic mass is 10.1. The summed E-state index contributed by atoms with van der Waals surface area (Å²) >= 11 is 0. The smallest absolute Gasteiger partial charge is 0.258 e. The Balaban J connectivity index is 2.01. The van der Waals surface area contributed by atoms with Crippen LogP contribution >= 0.6 is 0 Å². The predicted molar refractivity (Wildman–Crippen MR) is 73.1 cm³/mol. The lowest BCUT2D eigenvalue weighted by Crippen LogP contribution is -2.42. The van der Waals surface area contributed by atoms with Gasteiger partial charge in [-0.3, -0.25) is 14.5 Å². The topological polar surface area (TPSA) is 49.4 Å². The van der Waals surface area contributed by atoms with Crippen LogP contribution in [0.1, 0.15) is 10.4 Å². The predicted octanol–water partition coefficient (Wildman–Crippen LogP) is 2.56. The van der Waals surface area contributed by atoms with Gasteiger partial charge in [0.25, 0.3) is 5.91 Å². The van der Waals surface area contributed by atoms with E-state index >= 15 is 0 Å². The number of carbonyl (C=O) groups excluding carboxylic acids is 2. The van der Waals surface area contributed by atoms with Crippen molar-refractivity contribution in [1.29, 1.82) is 0 Å². The molecular weight excluding hydrogens is 278 g/mol. The molecule has 2 aromatic carbocycles. The van der Waals surface area contributed by atoms with Crippen molar-refractivity contribution in [2.24, 2.45) is 0 Å². The summed E-state index contributed by atoms with van der Waals surface area (Å²) < 4.78 is 26.2. The van der Waals surface area contributed by atoms with E-state index in [1.54, 1.807) is 24.3 Å². The van der Waals surface area contributed by atoms with E-state index in [1.807, 2.05) is 0 Å². The van der Waals surface area contributed by atoms with Crippen LogP contribution in [0.2, 0.25) is 0 Å². The second kappa shape index (κ2) is 4.97. The van der Waals surface area contributed by atoms with Gasteiger partial charge in [0.05, 0.1) is 11.4 Å². The molecule has 2 amide bonds. The van der Waals surface area contributed by atoms with Crippen LogP contribution < -0.4 is 10.2 Å². The molecule has 0 radical (unpaired) electrons. The molecule has 0 saturated carbocycles. The Kier molecular flexibility index (Phi) is 3.13. The molecule has 2 aromatic rings. The average Bonchev–Trinajstić information content (AvgIpc) is 2.48. The van der Waals surface area contributed by atoms with Crippen LogP contribution in [0.15, 0.2) is 42.5 Å². The minimum absolute atomic E-state index is 0.0154. The van der Waals surface area contributed by atoms with Gasteiger partial charge in [-0.15, -0.1) is 0 Å². The number of hydrogen-bond acceptors (Lipinski definition) is 2. The van der Waals surface area contributed by atoms with E-state index in [0.29, 0.717) is 11.4 Å². The summed E-state index contributed by atoms with van der Waals surface area (Å²) in [7, 11) is 0. The van der Waals surface area contributed by atoms with Crippen LogP contribution in [-0.2, 0) is 4.79 Å². The fourth-order valence-corrected chi connectivity index (χ4v) is 2.20. The third kappa shape index (κ3) is 2.35. The zero-order valence-corrected chi connectivity index (χ0v) is 10.8. The molecule has 3 rings (SSSR count). The first kappa shape index (κ1) is 13.2. The molecule has 1 N–H and O–H groups in total. The third-order valence-corrected chi connectivity index (χ3v) is 3.18. The molecule has 1 aliphatic heterocycles. The van der Waals surface area contributed by atoms with Crippen molar-refractivity contribution in [3.63, 3.8) is 0 Å². The van der Waals surface area contributed by atoms with Crippen LogP contribution in [0.4, 0.5) is 20.2 Å². The quantitative estimate of drug-likeness (QED) is 0.876. The number of carbonyl (C=O) groups is 2. The van der Waals surface area contributed by atoms with E-state index in [0.717, 1.165) is 12.1 Å². The van der Waals surface area contributed by atoms with Gasteiger partial charge in [0.1, 0.15) is 6.54 Å². The Morgan fingerprint density at radius 1 is 1.10 bits per heavy atom. The van der Waals surface area contributed by atoms with Gasteiger partial charge >= 0.3 is 0 Å². The zero-order chi connectivity index (χ0) is 15.0. The van der Waals surface area contributed by atoms with E-state index in [2.05, 4.69) is 5.32 Å². The minimum atomic E-state index is -1.10. The van der Waals surface area contributed by atoms with Gasteiger partial charge in [-0.25, -0.2) is 8.78 Å². The first-order valence-corrected chi connectivity index (χ1v) is 6.22. The summed E-state index contributed by atoms with van der Waals surface area (Å²) in [6.07, 6.45) is 0. The molecule has 4 nitrogen and oxygen atoms in total. The largest absolute Gasteiger partial charge is 0.323 e. The van der Waals surface area contributed by atoms with Crippen molar-refractivity contribution < 1.29 is 18.4 Å². The fourth-order valence-electron chi connectivity index (χ4n) is 2.20. The van der Waals surface area contributed by atoms with Crippen molar-refractivity contribution in [2.75, 3.05) is 16.8 Å². The molecule has 0 atom stereocenters. The van der Waals surface area contributed by atoms with E-state index in [9.17, 15) is 18.4 Å².